The van der Waals surface area contributed by atoms with Gasteiger partial charge in [0.1, 0.15) is 11.6 Å². The molecule has 0 amide bonds. The molecule has 39 heavy (non-hydrogen) atoms. The third-order valence-corrected chi connectivity index (χ3v) is 6.96. The number of fused-ring (bicyclic) bond motifs is 1. The highest BCUT2D eigenvalue weighted by Crippen LogP contribution is 2.26. The molecule has 0 saturated carbocycles. The minimum atomic E-state index is -0.284. The lowest BCUT2D eigenvalue weighted by Crippen LogP contribution is -2.34. The maximum Gasteiger partial charge on any atom is 0.252 e. The van der Waals surface area contributed by atoms with Gasteiger partial charge in [0.15, 0.2) is 5.82 Å². The van der Waals surface area contributed by atoms with Crippen LogP contribution in [0.1, 0.15) is 41.9 Å². The van der Waals surface area contributed by atoms with Crippen LogP contribution < -0.4 is 10.3 Å². The molecule has 5 rings (SSSR count). The Kier molecular flexibility index (Phi) is 8.07. The van der Waals surface area contributed by atoms with Crippen LogP contribution in [0.3, 0.4) is 0 Å². The van der Waals surface area contributed by atoms with Crippen LogP contribution in [0.2, 0.25) is 0 Å². The van der Waals surface area contributed by atoms with Gasteiger partial charge in [0, 0.05) is 24.7 Å². The average molecular weight is 527 g/mol. The van der Waals surface area contributed by atoms with Crippen LogP contribution in [0.25, 0.3) is 10.9 Å². The van der Waals surface area contributed by atoms with Crippen LogP contribution in [-0.4, -0.2) is 43.7 Å². The fourth-order valence-electron chi connectivity index (χ4n) is 4.88. The topological polar surface area (TPSA) is 88.9 Å². The molecule has 0 saturated heterocycles. The van der Waals surface area contributed by atoms with Crippen molar-refractivity contribution in [2.45, 2.75) is 38.9 Å². The van der Waals surface area contributed by atoms with E-state index in [0.29, 0.717) is 36.8 Å². The molecular formula is C30H31FN6O2. The smallest absolute Gasteiger partial charge is 0.252 e. The molecule has 3 aromatic carbocycles. The Balaban J connectivity index is 1.47. The lowest BCUT2D eigenvalue weighted by Gasteiger charge is -2.30. The van der Waals surface area contributed by atoms with E-state index in [0.717, 1.165) is 29.3 Å². The quantitative estimate of drug-likeness (QED) is 0.263. The molecule has 0 bridgehead atoms. The van der Waals surface area contributed by atoms with E-state index in [4.69, 9.17) is 4.74 Å². The number of tetrazole rings is 1. The number of aromatic nitrogens is 5. The molecule has 0 radical (unpaired) electrons. The van der Waals surface area contributed by atoms with Crippen molar-refractivity contribution < 1.29 is 9.13 Å². The zero-order chi connectivity index (χ0) is 27.2. The van der Waals surface area contributed by atoms with Gasteiger partial charge in [-0.2, -0.15) is 0 Å². The SMILES string of the molecule is CCC(c1nnnn1Cc1ccc(F)cc1)N(CCc1ccccc1)Cc1cc2ccc(OC)cc2[nH]c1=O. The fraction of sp³-hybridized carbons (Fsp3) is 0.267. The first-order valence-electron chi connectivity index (χ1n) is 13.0. The number of hydrogen-bond acceptors (Lipinski definition) is 6. The number of methoxy groups -OCH3 is 1. The fourth-order valence-corrected chi connectivity index (χ4v) is 4.88. The van der Waals surface area contributed by atoms with Crippen LogP contribution in [0.15, 0.2) is 83.7 Å². The van der Waals surface area contributed by atoms with Crippen molar-refractivity contribution in [2.24, 2.45) is 0 Å². The maximum atomic E-state index is 13.4. The van der Waals surface area contributed by atoms with Crippen molar-refractivity contribution in [3.05, 3.63) is 118 Å². The van der Waals surface area contributed by atoms with Gasteiger partial charge in [0.25, 0.3) is 5.56 Å². The first-order valence-corrected chi connectivity index (χ1v) is 13.0. The van der Waals surface area contributed by atoms with Crippen LogP contribution in [0.4, 0.5) is 4.39 Å². The second-order valence-corrected chi connectivity index (χ2v) is 9.53. The largest absolute Gasteiger partial charge is 0.497 e. The highest BCUT2D eigenvalue weighted by Gasteiger charge is 2.26. The van der Waals surface area contributed by atoms with Gasteiger partial charge >= 0.3 is 0 Å². The Morgan fingerprint density at radius 1 is 1.03 bits per heavy atom. The van der Waals surface area contributed by atoms with E-state index < -0.39 is 0 Å². The Labute approximate surface area is 226 Å². The van der Waals surface area contributed by atoms with Crippen LogP contribution in [0, 0.1) is 5.82 Å². The first-order chi connectivity index (χ1) is 19.0. The summed E-state index contributed by atoms with van der Waals surface area (Å²) < 4.78 is 20.5. The Hall–Kier alpha value is -4.37. The molecule has 200 valence electrons. The van der Waals surface area contributed by atoms with Gasteiger partial charge in [0.2, 0.25) is 0 Å². The summed E-state index contributed by atoms with van der Waals surface area (Å²) in [6.45, 7) is 3.64. The molecule has 5 aromatic rings. The van der Waals surface area contributed by atoms with Gasteiger partial charge in [-0.1, -0.05) is 49.4 Å². The van der Waals surface area contributed by atoms with E-state index in [1.54, 1.807) is 23.9 Å². The van der Waals surface area contributed by atoms with Gasteiger partial charge in [-0.05, 0) is 70.1 Å². The van der Waals surface area contributed by atoms with Crippen molar-refractivity contribution in [1.29, 1.82) is 0 Å². The lowest BCUT2D eigenvalue weighted by atomic mass is 10.1. The number of ether oxygens (including phenoxy) is 1. The predicted octanol–water partition coefficient (Wildman–Crippen LogP) is 4.91. The highest BCUT2D eigenvalue weighted by atomic mass is 19.1. The molecule has 1 atom stereocenters. The number of nitrogens with zero attached hydrogens (tertiary/aromatic N) is 5. The molecule has 0 aliphatic carbocycles. The van der Waals surface area contributed by atoms with Gasteiger partial charge in [-0.15, -0.1) is 5.10 Å². The van der Waals surface area contributed by atoms with Crippen molar-refractivity contribution in [2.75, 3.05) is 13.7 Å². The summed E-state index contributed by atoms with van der Waals surface area (Å²) in [4.78, 5) is 18.5. The Bertz CT molecular complexity index is 1580. The van der Waals surface area contributed by atoms with Crippen LogP contribution in [-0.2, 0) is 19.5 Å². The summed E-state index contributed by atoms with van der Waals surface area (Å²) in [7, 11) is 1.60. The third-order valence-electron chi connectivity index (χ3n) is 6.96. The second-order valence-electron chi connectivity index (χ2n) is 9.53. The first kappa shape index (κ1) is 26.2. The van der Waals surface area contributed by atoms with E-state index in [-0.39, 0.29) is 17.4 Å². The van der Waals surface area contributed by atoms with Crippen LogP contribution >= 0.6 is 0 Å². The summed E-state index contributed by atoms with van der Waals surface area (Å²) in [6, 6.07) is 24.1. The van der Waals surface area contributed by atoms with Gasteiger partial charge in [0.05, 0.1) is 25.2 Å². The zero-order valence-electron chi connectivity index (χ0n) is 22.0. The third kappa shape index (κ3) is 6.21. The van der Waals surface area contributed by atoms with E-state index in [9.17, 15) is 9.18 Å². The molecule has 0 spiro atoms. The zero-order valence-corrected chi connectivity index (χ0v) is 22.0. The van der Waals surface area contributed by atoms with Crippen molar-refractivity contribution in [3.63, 3.8) is 0 Å². The highest BCUT2D eigenvalue weighted by molar-refractivity contribution is 5.80. The summed E-state index contributed by atoms with van der Waals surface area (Å²) >= 11 is 0. The number of rotatable bonds is 11. The van der Waals surface area contributed by atoms with E-state index in [1.165, 1.54) is 17.7 Å². The Morgan fingerprint density at radius 2 is 1.82 bits per heavy atom. The molecule has 2 aromatic heterocycles. The standard InChI is InChI=1S/C30H31FN6O2/c1-3-28(29-33-34-35-37(29)19-22-9-12-25(31)13-10-22)36(16-15-21-7-5-4-6-8-21)20-24-17-23-11-14-26(39-2)18-27(23)32-30(24)38/h4-14,17-18,28H,3,15-16,19-20H2,1-2H3,(H,32,38). The average Bonchev–Trinajstić information content (AvgIpc) is 3.41. The summed E-state index contributed by atoms with van der Waals surface area (Å²) in [5.41, 5.74) is 3.37. The predicted molar refractivity (Wildman–Crippen MR) is 148 cm³/mol. The number of aromatic amines is 1. The summed E-state index contributed by atoms with van der Waals surface area (Å²) in [5, 5.41) is 13.5. The number of hydrogen-bond donors (Lipinski definition) is 1. The minimum Gasteiger partial charge on any atom is -0.497 e. The summed E-state index contributed by atoms with van der Waals surface area (Å²) in [5.74, 6) is 1.11. The molecule has 0 aliphatic heterocycles. The molecule has 2 heterocycles. The maximum absolute atomic E-state index is 13.4. The monoisotopic (exact) mass is 526 g/mol. The number of halogens is 1. The van der Waals surface area contributed by atoms with Crippen molar-refractivity contribution >= 4 is 10.9 Å². The number of pyridine rings is 1. The minimum absolute atomic E-state index is 0.138. The van der Waals surface area contributed by atoms with Gasteiger partial charge < -0.3 is 9.72 Å². The van der Waals surface area contributed by atoms with Crippen molar-refractivity contribution in [1.82, 2.24) is 30.1 Å². The summed E-state index contributed by atoms with van der Waals surface area (Å²) in [6.07, 6.45) is 1.54. The van der Waals surface area contributed by atoms with Crippen LogP contribution in [0.5, 0.6) is 5.75 Å². The van der Waals surface area contributed by atoms with Gasteiger partial charge in [-0.3, -0.25) is 9.69 Å². The molecule has 9 heteroatoms. The molecule has 1 unspecified atom stereocenters. The van der Waals surface area contributed by atoms with Crippen molar-refractivity contribution in [3.8, 4) is 5.75 Å². The lowest BCUT2D eigenvalue weighted by molar-refractivity contribution is 0.172. The number of nitrogens with one attached hydrogen (secondary N) is 1. The molecule has 1 N–H and O–H groups in total. The van der Waals surface area contributed by atoms with E-state index in [2.05, 4.69) is 44.5 Å². The molecular weight excluding hydrogens is 495 g/mol. The van der Waals surface area contributed by atoms with E-state index in [1.807, 2.05) is 42.5 Å². The normalized spacial score (nSPS) is 12.2. The molecule has 0 fully saturated rings. The molecule has 0 aliphatic rings. The Morgan fingerprint density at radius 3 is 2.56 bits per heavy atom. The van der Waals surface area contributed by atoms with E-state index >= 15 is 0 Å². The number of H-pyrrole nitrogens is 1. The van der Waals surface area contributed by atoms with Gasteiger partial charge in [-0.25, -0.2) is 9.07 Å². The number of benzene rings is 3. The second kappa shape index (κ2) is 12.0. The molecule has 8 nitrogen and oxygen atoms in total.